The van der Waals surface area contributed by atoms with Crippen LogP contribution >= 0.6 is 11.8 Å². The average molecular weight is 425 g/mol. The van der Waals surface area contributed by atoms with Crippen molar-refractivity contribution in [3.05, 3.63) is 53.8 Å². The topological polar surface area (TPSA) is 81.2 Å². The van der Waals surface area contributed by atoms with E-state index in [0.717, 1.165) is 36.1 Å². The number of nitrogens with zero attached hydrogens (tertiary/aromatic N) is 4. The number of aromatic nitrogens is 3. The van der Waals surface area contributed by atoms with E-state index < -0.39 is 0 Å². The molecule has 1 aliphatic rings. The van der Waals surface area contributed by atoms with Crippen LogP contribution in [0.4, 0.5) is 0 Å². The van der Waals surface area contributed by atoms with E-state index in [1.807, 2.05) is 12.1 Å². The van der Waals surface area contributed by atoms with Gasteiger partial charge in [-0.2, -0.15) is 0 Å². The zero-order valence-corrected chi connectivity index (χ0v) is 17.9. The molecule has 3 aromatic rings. The van der Waals surface area contributed by atoms with Gasteiger partial charge in [-0.05, 0) is 43.0 Å². The third-order valence-corrected chi connectivity index (χ3v) is 5.94. The van der Waals surface area contributed by atoms with Gasteiger partial charge in [-0.25, -0.2) is 0 Å². The first kappa shape index (κ1) is 20.4. The molecule has 156 valence electrons. The van der Waals surface area contributed by atoms with Crippen LogP contribution in [-0.4, -0.2) is 43.8 Å². The molecule has 1 aliphatic heterocycles. The number of benzene rings is 1. The van der Waals surface area contributed by atoms with Gasteiger partial charge in [0.05, 0.1) is 17.4 Å². The van der Waals surface area contributed by atoms with Crippen LogP contribution in [0.2, 0.25) is 0 Å². The maximum Gasteiger partial charge on any atom is 0.261 e. The Bertz CT molecular complexity index is 1010. The Labute approximate surface area is 179 Å². The maximum absolute atomic E-state index is 12.4. The standard InChI is InChI=1S/C22H24N4O3S/c1-15(2)14-26-19(18-10-7-12-29-18)23-24-22(26)30-13-6-5-11-25-20(27)16-8-3-4-9-17(16)21(25)28/h3-4,7-10,12,15H,5-6,11,13-14H2,1-2H3. The van der Waals surface area contributed by atoms with Crippen molar-refractivity contribution in [1.82, 2.24) is 19.7 Å². The molecule has 30 heavy (non-hydrogen) atoms. The monoisotopic (exact) mass is 424 g/mol. The molecule has 0 atom stereocenters. The van der Waals surface area contributed by atoms with Crippen molar-refractivity contribution in [1.29, 1.82) is 0 Å². The van der Waals surface area contributed by atoms with Gasteiger partial charge in [-0.3, -0.25) is 19.1 Å². The molecule has 2 aromatic heterocycles. The fraction of sp³-hybridized carbons (Fsp3) is 0.364. The Morgan fingerprint density at radius 1 is 1.00 bits per heavy atom. The second-order valence-corrected chi connectivity index (χ2v) is 8.71. The first-order valence-electron chi connectivity index (χ1n) is 10.1. The third kappa shape index (κ3) is 4.05. The smallest absolute Gasteiger partial charge is 0.261 e. The summed E-state index contributed by atoms with van der Waals surface area (Å²) < 4.78 is 7.60. The number of hydrogen-bond donors (Lipinski definition) is 0. The van der Waals surface area contributed by atoms with Gasteiger partial charge in [0.2, 0.25) is 0 Å². The van der Waals surface area contributed by atoms with Gasteiger partial charge in [0.1, 0.15) is 0 Å². The van der Waals surface area contributed by atoms with Gasteiger partial charge in [0.15, 0.2) is 16.7 Å². The lowest BCUT2D eigenvalue weighted by atomic mass is 10.1. The van der Waals surface area contributed by atoms with Gasteiger partial charge < -0.3 is 4.42 Å². The molecule has 0 spiro atoms. The van der Waals surface area contributed by atoms with Crippen LogP contribution in [0.5, 0.6) is 0 Å². The van der Waals surface area contributed by atoms with Crippen molar-refractivity contribution >= 4 is 23.6 Å². The highest BCUT2D eigenvalue weighted by Crippen LogP contribution is 2.27. The van der Waals surface area contributed by atoms with Crippen molar-refractivity contribution < 1.29 is 14.0 Å². The molecule has 8 heteroatoms. The highest BCUT2D eigenvalue weighted by molar-refractivity contribution is 7.99. The Hall–Kier alpha value is -2.87. The normalized spacial score (nSPS) is 13.5. The number of carbonyl (C=O) groups excluding carboxylic acids is 2. The van der Waals surface area contributed by atoms with Crippen molar-refractivity contribution in [2.45, 2.75) is 38.4 Å². The molecule has 7 nitrogen and oxygen atoms in total. The Morgan fingerprint density at radius 3 is 2.37 bits per heavy atom. The van der Waals surface area contributed by atoms with E-state index in [4.69, 9.17) is 4.42 Å². The average Bonchev–Trinajstić information content (AvgIpc) is 3.44. The number of furan rings is 1. The minimum Gasteiger partial charge on any atom is -0.461 e. The quantitative estimate of drug-likeness (QED) is 0.288. The van der Waals surface area contributed by atoms with E-state index in [2.05, 4.69) is 28.6 Å². The Balaban J connectivity index is 1.32. The molecule has 3 heterocycles. The second kappa shape index (κ2) is 8.87. The molecule has 0 unspecified atom stereocenters. The number of rotatable bonds is 9. The minimum absolute atomic E-state index is 0.192. The van der Waals surface area contributed by atoms with Crippen LogP contribution < -0.4 is 0 Å². The lowest BCUT2D eigenvalue weighted by Gasteiger charge is -2.14. The summed E-state index contributed by atoms with van der Waals surface area (Å²) in [5.74, 6) is 2.34. The molecule has 0 fully saturated rings. The van der Waals surface area contributed by atoms with Crippen LogP contribution in [0.3, 0.4) is 0 Å². The summed E-state index contributed by atoms with van der Waals surface area (Å²) in [5, 5.41) is 9.52. The van der Waals surface area contributed by atoms with Crippen molar-refractivity contribution in [3.63, 3.8) is 0 Å². The molecule has 0 saturated carbocycles. The number of carbonyl (C=O) groups is 2. The third-order valence-electron chi connectivity index (χ3n) is 4.89. The van der Waals surface area contributed by atoms with Gasteiger partial charge in [0, 0.05) is 18.8 Å². The summed E-state index contributed by atoms with van der Waals surface area (Å²) >= 11 is 1.64. The van der Waals surface area contributed by atoms with Crippen LogP contribution in [0.25, 0.3) is 11.6 Å². The van der Waals surface area contributed by atoms with Gasteiger partial charge in [-0.1, -0.05) is 37.7 Å². The largest absolute Gasteiger partial charge is 0.461 e. The molecular formula is C22H24N4O3S. The number of fused-ring (bicyclic) bond motifs is 1. The summed E-state index contributed by atoms with van der Waals surface area (Å²) in [5.41, 5.74) is 1.01. The van der Waals surface area contributed by atoms with E-state index in [9.17, 15) is 9.59 Å². The van der Waals surface area contributed by atoms with E-state index in [-0.39, 0.29) is 11.8 Å². The van der Waals surface area contributed by atoms with E-state index in [1.165, 1.54) is 4.90 Å². The summed E-state index contributed by atoms with van der Waals surface area (Å²) in [6.45, 7) is 5.55. The molecule has 0 radical (unpaired) electrons. The molecule has 0 bridgehead atoms. The van der Waals surface area contributed by atoms with Crippen LogP contribution in [0.1, 0.15) is 47.4 Å². The number of thioether (sulfide) groups is 1. The summed E-state index contributed by atoms with van der Waals surface area (Å²) in [7, 11) is 0. The first-order valence-corrected chi connectivity index (χ1v) is 11.1. The number of unbranched alkanes of at least 4 members (excludes halogenated alkanes) is 1. The van der Waals surface area contributed by atoms with Crippen molar-refractivity contribution in [2.75, 3.05) is 12.3 Å². The number of amides is 2. The molecule has 1 aromatic carbocycles. The van der Waals surface area contributed by atoms with E-state index in [0.29, 0.717) is 29.3 Å². The SMILES string of the molecule is CC(C)Cn1c(SCCCCN2C(=O)c3ccccc3C2=O)nnc1-c1ccco1. The van der Waals surface area contributed by atoms with Crippen LogP contribution in [0, 0.1) is 5.92 Å². The lowest BCUT2D eigenvalue weighted by Crippen LogP contribution is -2.30. The van der Waals surface area contributed by atoms with Gasteiger partial charge in [-0.15, -0.1) is 10.2 Å². The second-order valence-electron chi connectivity index (χ2n) is 7.65. The van der Waals surface area contributed by atoms with Gasteiger partial charge in [0.25, 0.3) is 11.8 Å². The van der Waals surface area contributed by atoms with Gasteiger partial charge >= 0.3 is 0 Å². The minimum atomic E-state index is -0.192. The maximum atomic E-state index is 12.4. The summed E-state index contributed by atoms with van der Waals surface area (Å²) in [6, 6.07) is 10.7. The van der Waals surface area contributed by atoms with Crippen molar-refractivity contribution in [2.24, 2.45) is 5.92 Å². The first-order chi connectivity index (χ1) is 14.6. The van der Waals surface area contributed by atoms with Crippen LogP contribution in [-0.2, 0) is 6.54 Å². The van der Waals surface area contributed by atoms with Crippen LogP contribution in [0.15, 0.2) is 52.2 Å². The predicted molar refractivity (Wildman–Crippen MR) is 114 cm³/mol. The fourth-order valence-electron chi connectivity index (χ4n) is 3.49. The highest BCUT2D eigenvalue weighted by Gasteiger charge is 2.34. The Kier molecular flexibility index (Phi) is 6.03. The number of hydrogen-bond acceptors (Lipinski definition) is 6. The molecule has 0 aliphatic carbocycles. The predicted octanol–water partition coefficient (Wildman–Crippen LogP) is 4.36. The zero-order chi connectivity index (χ0) is 21.1. The molecule has 0 saturated heterocycles. The lowest BCUT2D eigenvalue weighted by molar-refractivity contribution is 0.0652. The Morgan fingerprint density at radius 2 is 1.73 bits per heavy atom. The summed E-state index contributed by atoms with van der Waals surface area (Å²) in [4.78, 5) is 26.2. The fourth-order valence-corrected chi connectivity index (χ4v) is 4.44. The van der Waals surface area contributed by atoms with Crippen molar-refractivity contribution in [3.8, 4) is 11.6 Å². The zero-order valence-electron chi connectivity index (χ0n) is 17.1. The van der Waals surface area contributed by atoms with E-state index >= 15 is 0 Å². The summed E-state index contributed by atoms with van der Waals surface area (Å²) in [6.07, 6.45) is 3.25. The number of imide groups is 1. The molecule has 2 amide bonds. The van der Waals surface area contributed by atoms with E-state index in [1.54, 1.807) is 42.3 Å². The molecular weight excluding hydrogens is 400 g/mol. The molecule has 0 N–H and O–H groups in total. The molecule has 4 rings (SSSR count). The highest BCUT2D eigenvalue weighted by atomic mass is 32.2.